The fourth-order valence-electron chi connectivity index (χ4n) is 3.54. The van der Waals surface area contributed by atoms with Crippen LogP contribution in [-0.2, 0) is 0 Å². The van der Waals surface area contributed by atoms with Crippen LogP contribution in [0.15, 0.2) is 0 Å². The molecule has 0 aromatic rings. The summed E-state index contributed by atoms with van der Waals surface area (Å²) in [5.41, 5.74) is 0. The van der Waals surface area contributed by atoms with Crippen molar-refractivity contribution in [1.82, 2.24) is 5.32 Å². The van der Waals surface area contributed by atoms with Gasteiger partial charge in [0.1, 0.15) is 0 Å². The van der Waals surface area contributed by atoms with Crippen molar-refractivity contribution in [3.8, 4) is 0 Å². The maximum Gasteiger partial charge on any atom is 0.0294 e. The van der Waals surface area contributed by atoms with Crippen LogP contribution in [0.1, 0.15) is 46.5 Å². The molecule has 112 valence electrons. The second-order valence-corrected chi connectivity index (χ2v) is 8.99. The molecule has 1 nitrogen and oxygen atoms in total. The molecule has 5 atom stereocenters. The third-order valence-corrected chi connectivity index (χ3v) is 7.90. The summed E-state index contributed by atoms with van der Waals surface area (Å²) < 4.78 is 0. The van der Waals surface area contributed by atoms with Gasteiger partial charge >= 0.3 is 0 Å². The summed E-state index contributed by atoms with van der Waals surface area (Å²) in [6.45, 7) is 8.41. The van der Waals surface area contributed by atoms with E-state index in [4.69, 9.17) is 0 Å². The van der Waals surface area contributed by atoms with E-state index in [2.05, 4.69) is 49.6 Å². The van der Waals surface area contributed by atoms with Gasteiger partial charge in [0.15, 0.2) is 0 Å². The van der Waals surface area contributed by atoms with Crippen molar-refractivity contribution in [1.29, 1.82) is 0 Å². The van der Waals surface area contributed by atoms with Crippen LogP contribution >= 0.6 is 23.5 Å². The van der Waals surface area contributed by atoms with Crippen LogP contribution in [0, 0.1) is 17.8 Å². The summed E-state index contributed by atoms with van der Waals surface area (Å²) in [6, 6.07) is 0.771. The second-order valence-electron chi connectivity index (χ2n) is 6.49. The molecule has 0 amide bonds. The van der Waals surface area contributed by atoms with Gasteiger partial charge < -0.3 is 5.32 Å². The Morgan fingerprint density at radius 2 is 2.00 bits per heavy atom. The molecular formula is C16H31NS2. The lowest BCUT2D eigenvalue weighted by Gasteiger charge is -2.41. The normalized spacial score (nSPS) is 38.1. The highest BCUT2D eigenvalue weighted by Gasteiger charge is 2.35. The van der Waals surface area contributed by atoms with E-state index < -0.39 is 0 Å². The third-order valence-electron chi connectivity index (χ3n) is 5.02. The first-order valence-corrected chi connectivity index (χ1v) is 10.4. The molecule has 19 heavy (non-hydrogen) atoms. The Labute approximate surface area is 128 Å². The predicted molar refractivity (Wildman–Crippen MR) is 91.3 cm³/mol. The number of nitrogens with one attached hydrogen (secondary N) is 1. The maximum absolute atomic E-state index is 3.91. The molecule has 1 saturated carbocycles. The van der Waals surface area contributed by atoms with E-state index in [0.717, 1.165) is 29.0 Å². The first kappa shape index (κ1) is 16.0. The van der Waals surface area contributed by atoms with Crippen molar-refractivity contribution in [2.24, 2.45) is 17.8 Å². The van der Waals surface area contributed by atoms with Crippen molar-refractivity contribution in [2.75, 3.05) is 23.8 Å². The Kier molecular flexibility index (Phi) is 6.91. The summed E-state index contributed by atoms with van der Waals surface area (Å²) in [6.07, 6.45) is 5.61. The molecule has 2 rings (SSSR count). The van der Waals surface area contributed by atoms with E-state index in [9.17, 15) is 0 Å². The van der Waals surface area contributed by atoms with Crippen molar-refractivity contribution < 1.29 is 0 Å². The van der Waals surface area contributed by atoms with E-state index in [1.54, 1.807) is 0 Å². The molecule has 0 aromatic heterocycles. The third kappa shape index (κ3) is 4.57. The number of thioether (sulfide) groups is 2. The lowest BCUT2D eigenvalue weighted by atomic mass is 9.72. The lowest BCUT2D eigenvalue weighted by molar-refractivity contribution is 0.171. The van der Waals surface area contributed by atoms with Gasteiger partial charge in [0.2, 0.25) is 0 Å². The average molecular weight is 302 g/mol. The molecule has 2 aliphatic rings. The maximum atomic E-state index is 3.91. The molecular weight excluding hydrogens is 270 g/mol. The minimum Gasteiger partial charge on any atom is -0.313 e. The Morgan fingerprint density at radius 3 is 2.63 bits per heavy atom. The zero-order valence-corrected chi connectivity index (χ0v) is 14.5. The zero-order chi connectivity index (χ0) is 13.7. The molecule has 3 heteroatoms. The summed E-state index contributed by atoms with van der Waals surface area (Å²) in [5.74, 6) is 6.88. The molecule has 1 N–H and O–H groups in total. The smallest absolute Gasteiger partial charge is 0.0294 e. The van der Waals surface area contributed by atoms with Crippen molar-refractivity contribution >= 4 is 23.5 Å². The zero-order valence-electron chi connectivity index (χ0n) is 12.9. The molecule has 5 unspecified atom stereocenters. The van der Waals surface area contributed by atoms with Crippen LogP contribution in [0.25, 0.3) is 0 Å². The molecule has 1 aliphatic heterocycles. The molecule has 0 radical (unpaired) electrons. The fraction of sp³-hybridized carbons (Fsp3) is 1.00. The van der Waals surface area contributed by atoms with Crippen molar-refractivity contribution in [3.63, 3.8) is 0 Å². The van der Waals surface area contributed by atoms with Gasteiger partial charge in [-0.25, -0.2) is 0 Å². The molecule has 1 saturated heterocycles. The molecule has 1 heterocycles. The van der Waals surface area contributed by atoms with E-state index in [0.29, 0.717) is 0 Å². The van der Waals surface area contributed by atoms with Crippen LogP contribution in [0.4, 0.5) is 0 Å². The minimum absolute atomic E-state index is 0.771. The van der Waals surface area contributed by atoms with Gasteiger partial charge in [-0.15, -0.1) is 0 Å². The lowest BCUT2D eigenvalue weighted by Crippen LogP contribution is -2.48. The standard InChI is InChI=1S/C16H31NS2/c1-4-7-17-16(15-11-18-8-9-19-15)14-6-5-12(2)13(3)10-14/h12-17H,4-11H2,1-3H3. The van der Waals surface area contributed by atoms with Crippen LogP contribution in [0.2, 0.25) is 0 Å². The minimum atomic E-state index is 0.771. The van der Waals surface area contributed by atoms with Crippen LogP contribution in [0.3, 0.4) is 0 Å². The van der Waals surface area contributed by atoms with E-state index in [1.165, 1.54) is 49.5 Å². The Morgan fingerprint density at radius 1 is 1.16 bits per heavy atom. The average Bonchev–Trinajstić information content (AvgIpc) is 2.44. The van der Waals surface area contributed by atoms with Gasteiger partial charge in [0, 0.05) is 28.6 Å². The summed E-state index contributed by atoms with van der Waals surface area (Å²) in [5, 5.41) is 4.77. The van der Waals surface area contributed by atoms with Gasteiger partial charge in [0.05, 0.1) is 0 Å². The number of hydrogen-bond donors (Lipinski definition) is 1. The molecule has 2 fully saturated rings. The van der Waals surface area contributed by atoms with Crippen LogP contribution in [0.5, 0.6) is 0 Å². The highest BCUT2D eigenvalue weighted by Crippen LogP contribution is 2.39. The topological polar surface area (TPSA) is 12.0 Å². The van der Waals surface area contributed by atoms with Crippen LogP contribution < -0.4 is 5.32 Å². The van der Waals surface area contributed by atoms with E-state index in [-0.39, 0.29) is 0 Å². The molecule has 0 bridgehead atoms. The fourth-order valence-corrected chi connectivity index (χ4v) is 6.51. The first-order valence-electron chi connectivity index (χ1n) is 8.15. The van der Waals surface area contributed by atoms with Gasteiger partial charge in [-0.2, -0.15) is 23.5 Å². The molecule has 0 spiro atoms. The second kappa shape index (κ2) is 8.19. The first-order chi connectivity index (χ1) is 9.22. The Bertz CT molecular complexity index is 253. The molecule has 1 aliphatic carbocycles. The van der Waals surface area contributed by atoms with Gasteiger partial charge in [-0.05, 0) is 43.6 Å². The van der Waals surface area contributed by atoms with Crippen molar-refractivity contribution in [2.45, 2.75) is 57.7 Å². The monoisotopic (exact) mass is 301 g/mol. The highest BCUT2D eigenvalue weighted by atomic mass is 32.2. The molecule has 0 aromatic carbocycles. The summed E-state index contributed by atoms with van der Waals surface area (Å²) in [7, 11) is 0. The van der Waals surface area contributed by atoms with Crippen molar-refractivity contribution in [3.05, 3.63) is 0 Å². The number of rotatable bonds is 5. The Balaban J connectivity index is 1.95. The quantitative estimate of drug-likeness (QED) is 0.814. The van der Waals surface area contributed by atoms with E-state index in [1.807, 2.05) is 0 Å². The van der Waals surface area contributed by atoms with E-state index >= 15 is 0 Å². The van der Waals surface area contributed by atoms with Gasteiger partial charge in [0.25, 0.3) is 0 Å². The summed E-state index contributed by atoms with van der Waals surface area (Å²) in [4.78, 5) is 0. The SMILES string of the molecule is CCCNC(C1CCC(C)C(C)C1)C1CSCCS1. The van der Waals surface area contributed by atoms with Gasteiger partial charge in [-0.1, -0.05) is 27.2 Å². The summed E-state index contributed by atoms with van der Waals surface area (Å²) >= 11 is 4.40. The Hall–Kier alpha value is 0.660. The van der Waals surface area contributed by atoms with Gasteiger partial charge in [-0.3, -0.25) is 0 Å². The predicted octanol–water partition coefficient (Wildman–Crippen LogP) is 4.28. The highest BCUT2D eigenvalue weighted by molar-refractivity contribution is 8.06. The largest absolute Gasteiger partial charge is 0.313 e. The number of hydrogen-bond acceptors (Lipinski definition) is 3. The van der Waals surface area contributed by atoms with Crippen LogP contribution in [-0.4, -0.2) is 35.1 Å².